The lowest BCUT2D eigenvalue weighted by atomic mass is 10.1. The highest BCUT2D eigenvalue weighted by molar-refractivity contribution is 5.61. The zero-order chi connectivity index (χ0) is 12.8. The minimum Gasteiger partial charge on any atom is -0.457 e. The average molecular weight is 241 g/mol. The molecule has 2 aromatic carbocycles. The first-order valence-corrected chi connectivity index (χ1v) is 5.79. The van der Waals surface area contributed by atoms with Crippen molar-refractivity contribution in [3.8, 4) is 11.5 Å². The van der Waals surface area contributed by atoms with Crippen LogP contribution in [0, 0.1) is 0 Å². The number of likely N-dealkylation sites (N-methyl/N-ethyl adjacent to an activating group) is 1. The molecule has 2 rings (SSSR count). The quantitative estimate of drug-likeness (QED) is 0.818. The van der Waals surface area contributed by atoms with E-state index in [0.717, 1.165) is 23.3 Å². The molecule has 0 aromatic heterocycles. The van der Waals surface area contributed by atoms with Gasteiger partial charge < -0.3 is 14.8 Å². The first kappa shape index (κ1) is 12.3. The van der Waals surface area contributed by atoms with Crippen molar-refractivity contribution in [1.82, 2.24) is 5.32 Å². The molecule has 1 N–H and O–H groups in total. The minimum atomic E-state index is -0.268. The molecular formula is C15H15NO2. The highest BCUT2D eigenvalue weighted by atomic mass is 16.5. The van der Waals surface area contributed by atoms with Gasteiger partial charge in [-0.25, -0.2) is 0 Å². The molecule has 0 aliphatic heterocycles. The van der Waals surface area contributed by atoms with E-state index in [9.17, 15) is 4.79 Å². The summed E-state index contributed by atoms with van der Waals surface area (Å²) in [5, 5.41) is 2.93. The van der Waals surface area contributed by atoms with Gasteiger partial charge >= 0.3 is 0 Å². The molecule has 0 saturated heterocycles. The largest absolute Gasteiger partial charge is 0.457 e. The first-order chi connectivity index (χ1) is 8.83. The second-order valence-corrected chi connectivity index (χ2v) is 3.89. The van der Waals surface area contributed by atoms with Gasteiger partial charge in [0.15, 0.2) is 0 Å². The summed E-state index contributed by atoms with van der Waals surface area (Å²) in [7, 11) is 1.76. The van der Waals surface area contributed by atoms with Crippen LogP contribution in [-0.2, 0) is 4.79 Å². The van der Waals surface area contributed by atoms with Gasteiger partial charge in [0.2, 0.25) is 0 Å². The molecule has 0 fully saturated rings. The predicted octanol–water partition coefficient (Wildman–Crippen LogP) is 2.94. The van der Waals surface area contributed by atoms with E-state index in [4.69, 9.17) is 4.74 Å². The predicted molar refractivity (Wildman–Crippen MR) is 70.8 cm³/mol. The van der Waals surface area contributed by atoms with Crippen molar-refractivity contribution >= 4 is 6.29 Å². The molecule has 0 heterocycles. The Morgan fingerprint density at radius 3 is 2.17 bits per heavy atom. The Morgan fingerprint density at radius 1 is 1.00 bits per heavy atom. The van der Waals surface area contributed by atoms with E-state index < -0.39 is 0 Å². The SMILES string of the molecule is CNC(C=O)c1ccc(Oc2ccccc2)cc1. The molecule has 0 spiro atoms. The van der Waals surface area contributed by atoms with Gasteiger partial charge in [-0.2, -0.15) is 0 Å². The molecule has 2 aromatic rings. The van der Waals surface area contributed by atoms with Gasteiger partial charge in [-0.15, -0.1) is 0 Å². The maximum atomic E-state index is 10.8. The lowest BCUT2D eigenvalue weighted by Gasteiger charge is -2.10. The number of nitrogens with one attached hydrogen (secondary N) is 1. The van der Waals surface area contributed by atoms with E-state index in [1.807, 2.05) is 54.6 Å². The number of rotatable bonds is 5. The van der Waals surface area contributed by atoms with E-state index in [0.29, 0.717) is 0 Å². The van der Waals surface area contributed by atoms with Crippen LogP contribution in [0.4, 0.5) is 0 Å². The summed E-state index contributed by atoms with van der Waals surface area (Å²) in [5.74, 6) is 1.55. The summed E-state index contributed by atoms with van der Waals surface area (Å²) in [5.41, 5.74) is 0.924. The van der Waals surface area contributed by atoms with Crippen molar-refractivity contribution in [3.05, 3.63) is 60.2 Å². The third-order valence-electron chi connectivity index (χ3n) is 2.67. The van der Waals surface area contributed by atoms with Crippen molar-refractivity contribution in [2.24, 2.45) is 0 Å². The van der Waals surface area contributed by atoms with Crippen molar-refractivity contribution in [2.45, 2.75) is 6.04 Å². The van der Waals surface area contributed by atoms with Gasteiger partial charge in [0.05, 0.1) is 6.04 Å². The van der Waals surface area contributed by atoms with Crippen molar-refractivity contribution in [1.29, 1.82) is 0 Å². The molecule has 3 heteroatoms. The summed E-state index contributed by atoms with van der Waals surface area (Å²) < 4.78 is 5.67. The number of carbonyl (C=O) groups excluding carboxylic acids is 1. The number of hydrogen-bond donors (Lipinski definition) is 1. The van der Waals surface area contributed by atoms with E-state index in [1.54, 1.807) is 7.05 Å². The standard InChI is InChI=1S/C15H15NO2/c1-16-15(11-17)12-7-9-14(10-8-12)18-13-5-3-2-4-6-13/h2-11,15-16H,1H3. The van der Waals surface area contributed by atoms with Crippen LogP contribution in [0.25, 0.3) is 0 Å². The summed E-state index contributed by atoms with van der Waals surface area (Å²) in [6, 6.07) is 16.8. The molecule has 92 valence electrons. The number of ether oxygens (including phenoxy) is 1. The molecule has 0 aliphatic carbocycles. The highest BCUT2D eigenvalue weighted by Crippen LogP contribution is 2.22. The molecule has 0 saturated carbocycles. The molecule has 0 amide bonds. The van der Waals surface area contributed by atoms with Crippen molar-refractivity contribution < 1.29 is 9.53 Å². The smallest absolute Gasteiger partial charge is 0.141 e. The third-order valence-corrected chi connectivity index (χ3v) is 2.67. The van der Waals surface area contributed by atoms with Gasteiger partial charge in [-0.1, -0.05) is 30.3 Å². The first-order valence-electron chi connectivity index (χ1n) is 5.79. The van der Waals surface area contributed by atoms with E-state index in [2.05, 4.69) is 5.32 Å². The molecule has 0 aliphatic rings. The molecule has 1 atom stereocenters. The van der Waals surface area contributed by atoms with Gasteiger partial charge in [0, 0.05) is 0 Å². The van der Waals surface area contributed by atoms with Crippen molar-refractivity contribution in [2.75, 3.05) is 7.05 Å². The maximum absolute atomic E-state index is 10.8. The van der Waals surface area contributed by atoms with Crippen LogP contribution < -0.4 is 10.1 Å². The van der Waals surface area contributed by atoms with Crippen LogP contribution in [0.15, 0.2) is 54.6 Å². The zero-order valence-corrected chi connectivity index (χ0v) is 10.2. The Labute approximate surface area is 106 Å². The number of para-hydroxylation sites is 1. The Balaban J connectivity index is 2.10. The Bertz CT molecular complexity index is 494. The van der Waals surface area contributed by atoms with Gasteiger partial charge in [0.1, 0.15) is 17.8 Å². The van der Waals surface area contributed by atoms with Crippen LogP contribution in [0.5, 0.6) is 11.5 Å². The molecule has 0 radical (unpaired) electrons. The average Bonchev–Trinajstić information content (AvgIpc) is 2.43. The van der Waals surface area contributed by atoms with Gasteiger partial charge in [-0.3, -0.25) is 0 Å². The molecule has 3 nitrogen and oxygen atoms in total. The Hall–Kier alpha value is -2.13. The van der Waals surface area contributed by atoms with Gasteiger partial charge in [-0.05, 0) is 36.9 Å². The normalized spacial score (nSPS) is 11.8. The summed E-state index contributed by atoms with van der Waals surface area (Å²) >= 11 is 0. The lowest BCUT2D eigenvalue weighted by molar-refractivity contribution is -0.109. The molecule has 0 bridgehead atoms. The van der Waals surface area contributed by atoms with Crippen LogP contribution >= 0.6 is 0 Å². The minimum absolute atomic E-state index is 0.268. The van der Waals surface area contributed by atoms with E-state index >= 15 is 0 Å². The number of hydrogen-bond acceptors (Lipinski definition) is 3. The fraction of sp³-hybridized carbons (Fsp3) is 0.133. The fourth-order valence-electron chi connectivity index (χ4n) is 1.68. The van der Waals surface area contributed by atoms with Crippen LogP contribution in [0.1, 0.15) is 11.6 Å². The second kappa shape index (κ2) is 5.98. The maximum Gasteiger partial charge on any atom is 0.141 e. The van der Waals surface area contributed by atoms with E-state index in [1.165, 1.54) is 0 Å². The number of benzene rings is 2. The monoisotopic (exact) mass is 241 g/mol. The second-order valence-electron chi connectivity index (χ2n) is 3.89. The summed E-state index contributed by atoms with van der Waals surface area (Å²) in [6.45, 7) is 0. The highest BCUT2D eigenvalue weighted by Gasteiger charge is 2.07. The van der Waals surface area contributed by atoms with Crippen LogP contribution in [-0.4, -0.2) is 13.3 Å². The van der Waals surface area contributed by atoms with Crippen LogP contribution in [0.2, 0.25) is 0 Å². The fourth-order valence-corrected chi connectivity index (χ4v) is 1.68. The molecule has 18 heavy (non-hydrogen) atoms. The van der Waals surface area contributed by atoms with Crippen molar-refractivity contribution in [3.63, 3.8) is 0 Å². The summed E-state index contributed by atoms with van der Waals surface area (Å²) in [6.07, 6.45) is 0.882. The number of aldehydes is 1. The Kier molecular flexibility index (Phi) is 4.10. The summed E-state index contributed by atoms with van der Waals surface area (Å²) in [4.78, 5) is 10.8. The third kappa shape index (κ3) is 2.96. The lowest BCUT2D eigenvalue weighted by Crippen LogP contribution is -2.17. The topological polar surface area (TPSA) is 38.3 Å². The molecular weight excluding hydrogens is 226 g/mol. The Morgan fingerprint density at radius 2 is 1.61 bits per heavy atom. The zero-order valence-electron chi connectivity index (χ0n) is 10.2. The van der Waals surface area contributed by atoms with E-state index in [-0.39, 0.29) is 6.04 Å². The van der Waals surface area contributed by atoms with Crippen LogP contribution in [0.3, 0.4) is 0 Å². The number of carbonyl (C=O) groups is 1. The van der Waals surface area contributed by atoms with Gasteiger partial charge in [0.25, 0.3) is 0 Å². The molecule has 1 unspecified atom stereocenters.